The maximum atomic E-state index is 12.3. The monoisotopic (exact) mass is 325 g/mol. The van der Waals surface area contributed by atoms with Gasteiger partial charge >= 0.3 is 6.18 Å². The first kappa shape index (κ1) is 17.4. The summed E-state index contributed by atoms with van der Waals surface area (Å²) in [5.74, 6) is -0.690. The third kappa shape index (κ3) is 6.54. The van der Waals surface area contributed by atoms with Crippen molar-refractivity contribution in [1.29, 1.82) is 0 Å². The van der Waals surface area contributed by atoms with E-state index in [4.69, 9.17) is 0 Å². The minimum absolute atomic E-state index is 0.214. The summed E-state index contributed by atoms with van der Waals surface area (Å²) in [5, 5.41) is 16.2. The number of hydrogen-bond donors (Lipinski definition) is 3. The average molecular weight is 325 g/mol. The summed E-state index contributed by atoms with van der Waals surface area (Å²) >= 11 is 1.07. The summed E-state index contributed by atoms with van der Waals surface area (Å²) < 4.78 is 36.9. The lowest BCUT2D eigenvalue weighted by atomic mass is 10.1. The minimum atomic E-state index is -4.40. The second-order valence-corrected chi connectivity index (χ2v) is 5.07. The van der Waals surface area contributed by atoms with Crippen molar-refractivity contribution in [3.8, 4) is 0 Å². The van der Waals surface area contributed by atoms with Crippen LogP contribution in [0.2, 0.25) is 0 Å². The Morgan fingerprint density at radius 1 is 1.52 bits per heavy atom. The van der Waals surface area contributed by atoms with Gasteiger partial charge in [-0.1, -0.05) is 0 Å². The van der Waals surface area contributed by atoms with Crippen molar-refractivity contribution in [2.24, 2.45) is 0 Å². The standard InChI is InChI=1S/C11H14F3N3O3S/c12-11(13,14)2-1-7(17-8(19)5-15-6-18)9(20)10-16-3-4-21-10/h3-4,6-7,9,20H,1-2,5H2,(H,15,18)(H,17,19). The number of rotatable bonds is 8. The van der Waals surface area contributed by atoms with Crippen LogP contribution in [-0.2, 0) is 9.59 Å². The first-order valence-electron chi connectivity index (χ1n) is 5.94. The first-order chi connectivity index (χ1) is 9.83. The lowest BCUT2D eigenvalue weighted by Crippen LogP contribution is -2.43. The van der Waals surface area contributed by atoms with Crippen molar-refractivity contribution in [2.45, 2.75) is 31.2 Å². The lowest BCUT2D eigenvalue weighted by Gasteiger charge is -2.23. The molecule has 2 amide bonds. The Balaban J connectivity index is 2.69. The van der Waals surface area contributed by atoms with Gasteiger partial charge in [0.2, 0.25) is 12.3 Å². The largest absolute Gasteiger partial charge is 0.389 e. The van der Waals surface area contributed by atoms with Gasteiger partial charge < -0.3 is 15.7 Å². The molecule has 0 saturated carbocycles. The van der Waals surface area contributed by atoms with Gasteiger partial charge in [0.15, 0.2) is 0 Å². The predicted molar refractivity (Wildman–Crippen MR) is 68.4 cm³/mol. The molecular formula is C11H14F3N3O3S. The van der Waals surface area contributed by atoms with Crippen LogP contribution in [0, 0.1) is 0 Å². The molecule has 2 unspecified atom stereocenters. The number of thiazole rings is 1. The van der Waals surface area contributed by atoms with E-state index >= 15 is 0 Å². The Kier molecular flexibility index (Phi) is 6.56. The molecule has 10 heteroatoms. The number of aliphatic hydroxyl groups excluding tert-OH is 1. The van der Waals surface area contributed by atoms with Crippen LogP contribution in [0.25, 0.3) is 0 Å². The maximum Gasteiger partial charge on any atom is 0.389 e. The molecule has 0 aliphatic rings. The van der Waals surface area contributed by atoms with Crippen molar-refractivity contribution in [3.63, 3.8) is 0 Å². The summed E-state index contributed by atoms with van der Waals surface area (Å²) in [7, 11) is 0. The zero-order valence-corrected chi connectivity index (χ0v) is 11.6. The van der Waals surface area contributed by atoms with Gasteiger partial charge in [-0.15, -0.1) is 11.3 Å². The molecule has 0 aliphatic heterocycles. The topological polar surface area (TPSA) is 91.3 Å². The molecule has 0 aliphatic carbocycles. The van der Waals surface area contributed by atoms with E-state index in [9.17, 15) is 27.9 Å². The van der Waals surface area contributed by atoms with Crippen LogP contribution in [0.5, 0.6) is 0 Å². The fraction of sp³-hybridized carbons (Fsp3) is 0.545. The number of halogens is 3. The van der Waals surface area contributed by atoms with E-state index in [0.29, 0.717) is 6.41 Å². The van der Waals surface area contributed by atoms with Crippen LogP contribution >= 0.6 is 11.3 Å². The number of aliphatic hydroxyl groups is 1. The highest BCUT2D eigenvalue weighted by atomic mass is 32.1. The van der Waals surface area contributed by atoms with Gasteiger partial charge in [0.25, 0.3) is 0 Å². The average Bonchev–Trinajstić information content (AvgIpc) is 2.93. The van der Waals surface area contributed by atoms with Crippen molar-refractivity contribution < 1.29 is 27.9 Å². The Labute approximate surface area is 122 Å². The molecule has 1 aromatic heterocycles. The number of hydrogen-bond acceptors (Lipinski definition) is 5. The quantitative estimate of drug-likeness (QED) is 0.615. The molecule has 1 heterocycles. The normalized spacial score (nSPS) is 14.3. The third-order valence-electron chi connectivity index (χ3n) is 2.52. The fourth-order valence-electron chi connectivity index (χ4n) is 1.57. The van der Waals surface area contributed by atoms with Crippen LogP contribution in [-0.4, -0.2) is 41.2 Å². The Morgan fingerprint density at radius 2 is 2.24 bits per heavy atom. The van der Waals surface area contributed by atoms with E-state index < -0.39 is 37.1 Å². The summed E-state index contributed by atoms with van der Waals surface area (Å²) in [6, 6.07) is -1.14. The Bertz CT molecular complexity index is 453. The molecule has 0 bridgehead atoms. The molecule has 1 rings (SSSR count). The van der Waals surface area contributed by atoms with Crippen molar-refractivity contribution >= 4 is 23.7 Å². The Hall–Kier alpha value is -1.68. The van der Waals surface area contributed by atoms with E-state index in [0.717, 1.165) is 11.3 Å². The smallest absolute Gasteiger partial charge is 0.384 e. The van der Waals surface area contributed by atoms with Gasteiger partial charge in [-0.25, -0.2) is 4.98 Å². The number of nitrogens with one attached hydrogen (secondary N) is 2. The van der Waals surface area contributed by atoms with Gasteiger partial charge in [0.1, 0.15) is 11.1 Å². The van der Waals surface area contributed by atoms with Gasteiger partial charge in [-0.2, -0.15) is 13.2 Å². The van der Waals surface area contributed by atoms with E-state index in [1.165, 1.54) is 6.20 Å². The van der Waals surface area contributed by atoms with Crippen LogP contribution in [0.3, 0.4) is 0 Å². The van der Waals surface area contributed by atoms with Crippen LogP contribution < -0.4 is 10.6 Å². The highest BCUT2D eigenvalue weighted by Gasteiger charge is 2.32. The highest BCUT2D eigenvalue weighted by Crippen LogP contribution is 2.27. The molecule has 21 heavy (non-hydrogen) atoms. The summed E-state index contributed by atoms with van der Waals surface area (Å²) in [6.07, 6.45) is -5.68. The second kappa shape index (κ2) is 7.93. The molecule has 0 fully saturated rings. The van der Waals surface area contributed by atoms with Crippen LogP contribution in [0.4, 0.5) is 13.2 Å². The molecule has 0 saturated heterocycles. The SMILES string of the molecule is O=CNCC(=O)NC(CCC(F)(F)F)C(O)c1nccs1. The van der Waals surface area contributed by atoms with E-state index in [2.05, 4.69) is 15.6 Å². The predicted octanol–water partition coefficient (Wildman–Crippen LogP) is 0.750. The molecular weight excluding hydrogens is 311 g/mol. The number of carbonyl (C=O) groups is 2. The third-order valence-corrected chi connectivity index (χ3v) is 3.36. The molecule has 118 valence electrons. The number of alkyl halides is 3. The second-order valence-electron chi connectivity index (χ2n) is 4.14. The first-order valence-corrected chi connectivity index (χ1v) is 6.82. The molecule has 2 atom stereocenters. The molecule has 6 nitrogen and oxygen atoms in total. The number of amides is 2. The Morgan fingerprint density at radius 3 is 2.76 bits per heavy atom. The summed E-state index contributed by atoms with van der Waals surface area (Å²) in [5.41, 5.74) is 0. The molecule has 0 aromatic carbocycles. The van der Waals surface area contributed by atoms with E-state index in [1.807, 2.05) is 0 Å². The van der Waals surface area contributed by atoms with Crippen LogP contribution in [0.15, 0.2) is 11.6 Å². The number of carbonyl (C=O) groups excluding carboxylic acids is 2. The van der Waals surface area contributed by atoms with Gasteiger partial charge in [0.05, 0.1) is 12.6 Å². The molecule has 1 aromatic rings. The number of aromatic nitrogens is 1. The zero-order valence-electron chi connectivity index (χ0n) is 10.8. The van der Waals surface area contributed by atoms with E-state index in [1.54, 1.807) is 5.38 Å². The van der Waals surface area contributed by atoms with Crippen molar-refractivity contribution in [3.05, 3.63) is 16.6 Å². The maximum absolute atomic E-state index is 12.3. The minimum Gasteiger partial charge on any atom is -0.384 e. The molecule has 0 spiro atoms. The zero-order chi connectivity index (χ0) is 15.9. The van der Waals surface area contributed by atoms with Crippen molar-refractivity contribution in [1.82, 2.24) is 15.6 Å². The highest BCUT2D eigenvalue weighted by molar-refractivity contribution is 7.09. The van der Waals surface area contributed by atoms with Crippen molar-refractivity contribution in [2.75, 3.05) is 6.54 Å². The summed E-state index contributed by atoms with van der Waals surface area (Å²) in [6.45, 7) is -0.378. The molecule has 0 radical (unpaired) electrons. The summed E-state index contributed by atoms with van der Waals surface area (Å²) in [4.78, 5) is 25.4. The van der Waals surface area contributed by atoms with E-state index in [-0.39, 0.29) is 11.6 Å². The molecule has 3 N–H and O–H groups in total. The fourth-order valence-corrected chi connectivity index (χ4v) is 2.26. The van der Waals surface area contributed by atoms with Gasteiger partial charge in [-0.3, -0.25) is 9.59 Å². The number of nitrogens with zero attached hydrogens (tertiary/aromatic N) is 1. The van der Waals surface area contributed by atoms with Gasteiger partial charge in [0, 0.05) is 18.0 Å². The van der Waals surface area contributed by atoms with Crippen LogP contribution in [0.1, 0.15) is 24.0 Å². The lowest BCUT2D eigenvalue weighted by molar-refractivity contribution is -0.139. The van der Waals surface area contributed by atoms with Gasteiger partial charge in [-0.05, 0) is 6.42 Å².